The fourth-order valence-corrected chi connectivity index (χ4v) is 2.14. The Morgan fingerprint density at radius 1 is 1.22 bits per heavy atom. The molecule has 0 aliphatic carbocycles. The third-order valence-corrected chi connectivity index (χ3v) is 3.40. The molecule has 2 aromatic rings. The second-order valence-electron chi connectivity index (χ2n) is 5.58. The van der Waals surface area contributed by atoms with Gasteiger partial charge in [0.2, 0.25) is 0 Å². The Hall–Kier alpha value is -2.40. The molecule has 0 fully saturated rings. The van der Waals surface area contributed by atoms with E-state index in [0.717, 1.165) is 16.2 Å². The van der Waals surface area contributed by atoms with Gasteiger partial charge in [-0.25, -0.2) is 4.39 Å². The quantitative estimate of drug-likeness (QED) is 0.816. The fraction of sp³-hybridized carbons (Fsp3) is 0.278. The van der Waals surface area contributed by atoms with E-state index in [9.17, 15) is 9.18 Å². The normalized spacial score (nSPS) is 11.8. The lowest BCUT2D eigenvalue weighted by Crippen LogP contribution is -3.10. The molecule has 2 rings (SSSR count). The molecule has 0 aliphatic rings. The van der Waals surface area contributed by atoms with E-state index in [1.807, 2.05) is 37.4 Å². The average molecular weight is 317 g/mol. The third kappa shape index (κ3) is 5.71. The van der Waals surface area contributed by atoms with E-state index < -0.39 is 5.82 Å². The van der Waals surface area contributed by atoms with Crippen LogP contribution in [0.15, 0.2) is 48.5 Å². The molecule has 1 unspecified atom stereocenters. The largest absolute Gasteiger partial charge is 0.488 e. The number of hydrogen-bond donors (Lipinski definition) is 2. The lowest BCUT2D eigenvalue weighted by molar-refractivity contribution is -0.871. The lowest BCUT2D eigenvalue weighted by atomic mass is 10.2. The van der Waals surface area contributed by atoms with Crippen molar-refractivity contribution in [3.05, 3.63) is 59.9 Å². The van der Waals surface area contributed by atoms with Crippen LogP contribution in [0.1, 0.15) is 5.56 Å². The number of para-hydroxylation sites is 1. The summed E-state index contributed by atoms with van der Waals surface area (Å²) >= 11 is 0. The number of halogens is 1. The highest BCUT2D eigenvalue weighted by molar-refractivity contribution is 5.91. The predicted molar refractivity (Wildman–Crippen MR) is 88.3 cm³/mol. The van der Waals surface area contributed by atoms with Crippen molar-refractivity contribution in [1.82, 2.24) is 0 Å². The van der Waals surface area contributed by atoms with E-state index >= 15 is 0 Å². The van der Waals surface area contributed by atoms with E-state index in [-0.39, 0.29) is 18.1 Å². The molecule has 0 radical (unpaired) electrons. The van der Waals surface area contributed by atoms with E-state index in [4.69, 9.17) is 4.74 Å². The molecule has 0 heterocycles. The van der Waals surface area contributed by atoms with Crippen molar-refractivity contribution >= 4 is 11.6 Å². The summed E-state index contributed by atoms with van der Waals surface area (Å²) in [6, 6.07) is 14.3. The maximum absolute atomic E-state index is 13.7. The van der Waals surface area contributed by atoms with Crippen LogP contribution in [0.3, 0.4) is 0 Å². The van der Waals surface area contributed by atoms with Gasteiger partial charge in [-0.2, -0.15) is 0 Å². The van der Waals surface area contributed by atoms with Crippen LogP contribution in [0.5, 0.6) is 5.75 Å². The molecule has 0 saturated carbocycles. The standard InChI is InChI=1S/C18H21FN2O2/c1-14-8-9-17(16(19)12-14)20-18(22)13-21(2)10-11-23-15-6-4-3-5-7-15/h3-9,12H,10-11,13H2,1-2H3,(H,20,22)/p+1. The summed E-state index contributed by atoms with van der Waals surface area (Å²) in [5.74, 6) is 0.180. The highest BCUT2D eigenvalue weighted by Crippen LogP contribution is 2.14. The first kappa shape index (κ1) is 17.0. The first-order valence-corrected chi connectivity index (χ1v) is 7.60. The topological polar surface area (TPSA) is 42.8 Å². The summed E-state index contributed by atoms with van der Waals surface area (Å²) < 4.78 is 19.3. The molecule has 122 valence electrons. The van der Waals surface area contributed by atoms with Crippen LogP contribution in [-0.2, 0) is 4.79 Å². The van der Waals surface area contributed by atoms with Gasteiger partial charge in [0.25, 0.3) is 5.91 Å². The highest BCUT2D eigenvalue weighted by Gasteiger charge is 2.12. The minimum Gasteiger partial charge on any atom is -0.488 e. The van der Waals surface area contributed by atoms with Crippen LogP contribution in [-0.4, -0.2) is 32.7 Å². The van der Waals surface area contributed by atoms with E-state index in [1.165, 1.54) is 6.07 Å². The van der Waals surface area contributed by atoms with Crippen LogP contribution >= 0.6 is 0 Å². The van der Waals surface area contributed by atoms with E-state index in [0.29, 0.717) is 13.2 Å². The molecule has 4 nitrogen and oxygen atoms in total. The van der Waals surface area contributed by atoms with Gasteiger partial charge >= 0.3 is 0 Å². The van der Waals surface area contributed by atoms with Crippen LogP contribution in [0.25, 0.3) is 0 Å². The number of nitrogens with one attached hydrogen (secondary N) is 2. The molecule has 0 saturated heterocycles. The second kappa shape index (κ2) is 8.29. The summed E-state index contributed by atoms with van der Waals surface area (Å²) in [5.41, 5.74) is 1.04. The molecule has 23 heavy (non-hydrogen) atoms. The minimum atomic E-state index is -0.414. The number of anilines is 1. The molecule has 1 amide bonds. The van der Waals surface area contributed by atoms with E-state index in [1.54, 1.807) is 19.1 Å². The van der Waals surface area contributed by atoms with Crippen molar-refractivity contribution in [3.8, 4) is 5.75 Å². The van der Waals surface area contributed by atoms with Gasteiger partial charge in [0.05, 0.1) is 12.7 Å². The molecule has 0 bridgehead atoms. The maximum Gasteiger partial charge on any atom is 0.279 e. The first-order chi connectivity index (χ1) is 11.0. The third-order valence-electron chi connectivity index (χ3n) is 3.40. The first-order valence-electron chi connectivity index (χ1n) is 7.60. The molecular formula is C18H22FN2O2+. The predicted octanol–water partition coefficient (Wildman–Crippen LogP) is 1.67. The van der Waals surface area contributed by atoms with Crippen LogP contribution < -0.4 is 15.0 Å². The molecule has 1 atom stereocenters. The van der Waals surface area contributed by atoms with Gasteiger partial charge in [-0.1, -0.05) is 24.3 Å². The number of aryl methyl sites for hydroxylation is 1. The van der Waals surface area contributed by atoms with Crippen molar-refractivity contribution in [2.24, 2.45) is 0 Å². The van der Waals surface area contributed by atoms with Gasteiger partial charge in [-0.05, 0) is 36.8 Å². The van der Waals surface area contributed by atoms with Crippen molar-refractivity contribution in [1.29, 1.82) is 0 Å². The van der Waals surface area contributed by atoms with Crippen molar-refractivity contribution in [2.75, 3.05) is 32.1 Å². The van der Waals surface area contributed by atoms with Gasteiger partial charge in [0, 0.05) is 0 Å². The van der Waals surface area contributed by atoms with Crippen LogP contribution in [0, 0.1) is 12.7 Å². The Bertz CT molecular complexity index is 647. The minimum absolute atomic E-state index is 0.217. The number of amides is 1. The van der Waals surface area contributed by atoms with E-state index in [2.05, 4.69) is 5.32 Å². The summed E-state index contributed by atoms with van der Waals surface area (Å²) in [6.45, 7) is 3.26. The molecular weight excluding hydrogens is 295 g/mol. The molecule has 2 aromatic carbocycles. The molecule has 2 N–H and O–H groups in total. The monoisotopic (exact) mass is 317 g/mol. The summed E-state index contributed by atoms with van der Waals surface area (Å²) in [7, 11) is 1.90. The summed E-state index contributed by atoms with van der Waals surface area (Å²) in [4.78, 5) is 12.9. The number of benzene rings is 2. The van der Waals surface area contributed by atoms with Crippen molar-refractivity contribution in [3.63, 3.8) is 0 Å². The van der Waals surface area contributed by atoms with Crippen molar-refractivity contribution in [2.45, 2.75) is 6.92 Å². The molecule has 0 aliphatic heterocycles. The molecule has 0 spiro atoms. The number of likely N-dealkylation sites (N-methyl/N-ethyl adjacent to an activating group) is 1. The second-order valence-corrected chi connectivity index (χ2v) is 5.58. The number of quaternary nitrogens is 1. The zero-order valence-electron chi connectivity index (χ0n) is 13.4. The lowest BCUT2D eigenvalue weighted by Gasteiger charge is -2.14. The summed E-state index contributed by atoms with van der Waals surface area (Å²) in [6.07, 6.45) is 0. The Balaban J connectivity index is 1.74. The Kier molecular flexibility index (Phi) is 6.11. The van der Waals surface area contributed by atoms with Crippen LogP contribution in [0.4, 0.5) is 10.1 Å². The number of ether oxygens (including phenoxy) is 1. The van der Waals surface area contributed by atoms with Gasteiger partial charge < -0.3 is 15.0 Å². The van der Waals surface area contributed by atoms with Gasteiger partial charge in [0.1, 0.15) is 24.7 Å². The average Bonchev–Trinajstić information content (AvgIpc) is 2.51. The van der Waals surface area contributed by atoms with Gasteiger partial charge in [-0.3, -0.25) is 4.79 Å². The smallest absolute Gasteiger partial charge is 0.279 e. The highest BCUT2D eigenvalue weighted by atomic mass is 19.1. The summed E-state index contributed by atoms with van der Waals surface area (Å²) in [5, 5.41) is 2.60. The SMILES string of the molecule is Cc1ccc(NC(=O)C[NH+](C)CCOc2ccccc2)c(F)c1. The van der Waals surface area contributed by atoms with Gasteiger partial charge in [-0.15, -0.1) is 0 Å². The zero-order valence-corrected chi connectivity index (χ0v) is 13.4. The fourth-order valence-electron chi connectivity index (χ4n) is 2.14. The zero-order chi connectivity index (χ0) is 16.7. The number of carbonyl (C=O) groups excluding carboxylic acids is 1. The van der Waals surface area contributed by atoms with Crippen molar-refractivity contribution < 1.29 is 18.8 Å². The molecule has 5 heteroatoms. The maximum atomic E-state index is 13.7. The Morgan fingerprint density at radius 2 is 1.96 bits per heavy atom. The number of hydrogen-bond acceptors (Lipinski definition) is 2. The number of carbonyl (C=O) groups is 1. The Morgan fingerprint density at radius 3 is 2.65 bits per heavy atom. The molecule has 0 aromatic heterocycles. The van der Waals surface area contributed by atoms with Crippen LogP contribution in [0.2, 0.25) is 0 Å². The Labute approximate surface area is 135 Å². The number of rotatable bonds is 7. The van der Waals surface area contributed by atoms with Gasteiger partial charge in [0.15, 0.2) is 6.54 Å².